The summed E-state index contributed by atoms with van der Waals surface area (Å²) in [5, 5.41) is 4.20. The number of imidazole rings is 1. The topological polar surface area (TPSA) is 69.8 Å². The second-order valence-electron chi connectivity index (χ2n) is 8.30. The lowest BCUT2D eigenvalue weighted by molar-refractivity contribution is 0.585. The van der Waals surface area contributed by atoms with Crippen molar-refractivity contribution in [1.29, 1.82) is 0 Å². The zero-order chi connectivity index (χ0) is 24.0. The molecule has 2 aromatic heterocycles. The van der Waals surface area contributed by atoms with Gasteiger partial charge in [0.2, 0.25) is 0 Å². The first-order valence-corrected chi connectivity index (χ1v) is 12.5. The summed E-state index contributed by atoms with van der Waals surface area (Å²) in [6, 6.07) is 14.2. The smallest absolute Gasteiger partial charge is 0.151 e. The Balaban J connectivity index is 1.65. The summed E-state index contributed by atoms with van der Waals surface area (Å²) in [6.07, 6.45) is 6.47. The first kappa shape index (κ1) is 22.0. The van der Waals surface area contributed by atoms with E-state index in [1.807, 2.05) is 36.0 Å². The van der Waals surface area contributed by atoms with Crippen molar-refractivity contribution in [2.75, 3.05) is 6.26 Å². The number of sulfone groups is 1. The molecule has 0 aliphatic heterocycles. The number of nitrogens with zero attached hydrogens (tertiary/aromatic N) is 4. The van der Waals surface area contributed by atoms with Crippen molar-refractivity contribution in [3.63, 3.8) is 0 Å². The number of fused-ring (bicyclic) bond motifs is 1. The van der Waals surface area contributed by atoms with Crippen LogP contribution in [0.4, 0.5) is 8.78 Å². The predicted octanol–water partition coefficient (Wildman–Crippen LogP) is 4.92. The van der Waals surface area contributed by atoms with E-state index in [0.29, 0.717) is 16.8 Å². The van der Waals surface area contributed by atoms with Crippen molar-refractivity contribution in [3.8, 4) is 27.9 Å². The van der Waals surface area contributed by atoms with Gasteiger partial charge in [0, 0.05) is 42.4 Å². The molecule has 0 saturated heterocycles. The van der Waals surface area contributed by atoms with E-state index in [0.717, 1.165) is 34.5 Å². The zero-order valence-corrected chi connectivity index (χ0v) is 19.2. The van der Waals surface area contributed by atoms with Crippen LogP contribution < -0.4 is 0 Å². The van der Waals surface area contributed by atoms with Crippen molar-refractivity contribution >= 4 is 20.9 Å². The van der Waals surface area contributed by atoms with Gasteiger partial charge in [-0.25, -0.2) is 22.2 Å². The Morgan fingerprint density at radius 3 is 2.47 bits per heavy atom. The van der Waals surface area contributed by atoms with Crippen LogP contribution in [0.3, 0.4) is 0 Å². The van der Waals surface area contributed by atoms with Crippen LogP contribution in [0.5, 0.6) is 0 Å². The lowest BCUT2D eigenvalue weighted by Gasteiger charge is -2.12. The van der Waals surface area contributed by atoms with Crippen LogP contribution in [0.15, 0.2) is 73.3 Å². The first-order valence-electron chi connectivity index (χ1n) is 10.4. The lowest BCUT2D eigenvalue weighted by atomic mass is 10.0. The monoisotopic (exact) mass is 478 g/mol. The molecule has 3 aromatic carbocycles. The highest BCUT2D eigenvalue weighted by molar-refractivity contribution is 7.89. The number of hydrogen-bond acceptors (Lipinski definition) is 4. The minimum Gasteiger partial charge on any atom is -0.299 e. The van der Waals surface area contributed by atoms with Crippen LogP contribution in [0.2, 0.25) is 0 Å². The maximum atomic E-state index is 14.6. The van der Waals surface area contributed by atoms with Crippen molar-refractivity contribution in [3.05, 3.63) is 90.5 Å². The summed E-state index contributed by atoms with van der Waals surface area (Å²) in [5.41, 5.74) is 5.21. The third kappa shape index (κ3) is 4.34. The summed E-state index contributed by atoms with van der Waals surface area (Å²) in [4.78, 5) is 4.52. The highest BCUT2D eigenvalue weighted by atomic mass is 32.2. The fourth-order valence-corrected chi connectivity index (χ4v) is 4.82. The fourth-order valence-electron chi connectivity index (χ4n) is 4.05. The molecule has 0 spiro atoms. The minimum atomic E-state index is -3.34. The van der Waals surface area contributed by atoms with E-state index in [-0.39, 0.29) is 11.3 Å². The number of rotatable bonds is 5. The molecule has 0 atom stereocenters. The van der Waals surface area contributed by atoms with E-state index < -0.39 is 21.5 Å². The van der Waals surface area contributed by atoms with Crippen molar-refractivity contribution in [1.82, 2.24) is 19.3 Å². The Morgan fingerprint density at radius 1 is 0.941 bits per heavy atom. The quantitative estimate of drug-likeness (QED) is 0.360. The SMILES string of the molecule is Cn1cc(-c2ccc3c(c2)ncn3-c2cc(CS(C)(=O)=O)cc(-c3ccc(F)cc3F)c2)cn1. The van der Waals surface area contributed by atoms with E-state index in [1.165, 1.54) is 12.1 Å². The molecule has 0 amide bonds. The van der Waals surface area contributed by atoms with Gasteiger partial charge in [-0.1, -0.05) is 6.07 Å². The Bertz CT molecular complexity index is 1660. The predicted molar refractivity (Wildman–Crippen MR) is 127 cm³/mol. The molecule has 6 nitrogen and oxygen atoms in total. The molecule has 5 aromatic rings. The normalized spacial score (nSPS) is 11.9. The largest absolute Gasteiger partial charge is 0.299 e. The van der Waals surface area contributed by atoms with Crippen LogP contribution in [-0.4, -0.2) is 34.0 Å². The number of hydrogen-bond donors (Lipinski definition) is 0. The van der Waals surface area contributed by atoms with Gasteiger partial charge < -0.3 is 0 Å². The highest BCUT2D eigenvalue weighted by Crippen LogP contribution is 2.30. The van der Waals surface area contributed by atoms with E-state index in [1.54, 1.807) is 35.4 Å². The molecule has 172 valence electrons. The number of aryl methyl sites for hydroxylation is 1. The van der Waals surface area contributed by atoms with E-state index in [4.69, 9.17) is 0 Å². The van der Waals surface area contributed by atoms with E-state index >= 15 is 0 Å². The minimum absolute atomic E-state index is 0.182. The van der Waals surface area contributed by atoms with Crippen LogP contribution in [0.1, 0.15) is 5.56 Å². The molecule has 0 saturated carbocycles. The van der Waals surface area contributed by atoms with Gasteiger partial charge in [-0.2, -0.15) is 5.10 Å². The van der Waals surface area contributed by atoms with Crippen LogP contribution >= 0.6 is 0 Å². The second kappa shape index (κ2) is 8.18. The van der Waals surface area contributed by atoms with Crippen LogP contribution in [0, 0.1) is 11.6 Å². The number of benzene rings is 3. The summed E-state index contributed by atoms with van der Waals surface area (Å²) >= 11 is 0. The van der Waals surface area contributed by atoms with Gasteiger partial charge in [-0.15, -0.1) is 0 Å². The van der Waals surface area contributed by atoms with E-state index in [9.17, 15) is 17.2 Å². The Kier molecular flexibility index (Phi) is 5.28. The van der Waals surface area contributed by atoms with Crippen LogP contribution in [-0.2, 0) is 22.6 Å². The molecule has 0 N–H and O–H groups in total. The average Bonchev–Trinajstić information content (AvgIpc) is 3.38. The molecular weight excluding hydrogens is 458 g/mol. The lowest BCUT2D eigenvalue weighted by Crippen LogP contribution is -2.03. The molecule has 2 heterocycles. The Hall–Kier alpha value is -3.85. The molecule has 0 radical (unpaired) electrons. The standard InChI is InChI=1S/C25H20F2N4O2S/c1-30-13-19(12-29-30)17-3-6-25-24(10-17)28-15-31(25)21-8-16(14-34(2,32)33)7-18(9-21)22-5-4-20(26)11-23(22)27/h3-13,15H,14H2,1-2H3. The number of halogens is 2. The summed E-state index contributed by atoms with van der Waals surface area (Å²) in [5.74, 6) is -1.62. The van der Waals surface area contributed by atoms with Crippen molar-refractivity contribution in [2.45, 2.75) is 5.75 Å². The highest BCUT2D eigenvalue weighted by Gasteiger charge is 2.15. The van der Waals surface area contributed by atoms with E-state index in [2.05, 4.69) is 10.1 Å². The van der Waals surface area contributed by atoms with Gasteiger partial charge in [-0.05, 0) is 59.2 Å². The Labute approximate surface area is 195 Å². The van der Waals surface area contributed by atoms with Crippen molar-refractivity contribution < 1.29 is 17.2 Å². The molecule has 0 fully saturated rings. The maximum absolute atomic E-state index is 14.6. The summed E-state index contributed by atoms with van der Waals surface area (Å²) < 4.78 is 55.5. The van der Waals surface area contributed by atoms with Gasteiger partial charge in [0.1, 0.15) is 18.0 Å². The van der Waals surface area contributed by atoms with Crippen molar-refractivity contribution in [2.24, 2.45) is 7.05 Å². The molecule has 0 aliphatic rings. The third-order valence-corrected chi connectivity index (χ3v) is 6.37. The molecule has 0 bridgehead atoms. The molecule has 34 heavy (non-hydrogen) atoms. The van der Waals surface area contributed by atoms with Gasteiger partial charge in [0.05, 0.1) is 23.0 Å². The Morgan fingerprint density at radius 2 is 1.76 bits per heavy atom. The second-order valence-corrected chi connectivity index (χ2v) is 10.4. The molecule has 9 heteroatoms. The first-order chi connectivity index (χ1) is 16.2. The molecular formula is C25H20F2N4O2S. The van der Waals surface area contributed by atoms with Gasteiger partial charge >= 0.3 is 0 Å². The zero-order valence-electron chi connectivity index (χ0n) is 18.4. The number of aromatic nitrogens is 4. The molecule has 0 unspecified atom stereocenters. The fraction of sp³-hybridized carbons (Fsp3) is 0.120. The van der Waals surface area contributed by atoms with Gasteiger partial charge in [0.15, 0.2) is 9.84 Å². The summed E-state index contributed by atoms with van der Waals surface area (Å²) in [7, 11) is -1.49. The molecule has 5 rings (SSSR count). The summed E-state index contributed by atoms with van der Waals surface area (Å²) in [6.45, 7) is 0. The molecule has 0 aliphatic carbocycles. The van der Waals surface area contributed by atoms with Crippen LogP contribution in [0.25, 0.3) is 39.0 Å². The van der Waals surface area contributed by atoms with Gasteiger partial charge in [0.25, 0.3) is 0 Å². The van der Waals surface area contributed by atoms with Gasteiger partial charge in [-0.3, -0.25) is 9.25 Å². The maximum Gasteiger partial charge on any atom is 0.151 e. The average molecular weight is 479 g/mol. The third-order valence-electron chi connectivity index (χ3n) is 5.51.